The third-order valence-corrected chi connectivity index (χ3v) is 3.97. The Morgan fingerprint density at radius 3 is 2.60 bits per heavy atom. The summed E-state index contributed by atoms with van der Waals surface area (Å²) in [6.45, 7) is 5.84. The number of hydrogen-bond donors (Lipinski definition) is 2. The molecule has 0 bridgehead atoms. The zero-order chi connectivity index (χ0) is 18.2. The van der Waals surface area contributed by atoms with Crippen LogP contribution in [0.15, 0.2) is 61.2 Å². The lowest BCUT2D eigenvalue weighted by Crippen LogP contribution is -2.32. The number of nitrogens with one attached hydrogen (secondary N) is 1. The van der Waals surface area contributed by atoms with Gasteiger partial charge in [-0.3, -0.25) is 0 Å². The Morgan fingerprint density at radius 2 is 1.96 bits per heavy atom. The summed E-state index contributed by atoms with van der Waals surface area (Å²) in [5.41, 5.74) is 1.44. The first-order chi connectivity index (χ1) is 12.1. The molecule has 2 rings (SSSR count). The van der Waals surface area contributed by atoms with Crippen LogP contribution < -0.4 is 10.1 Å². The normalized spacial score (nSPS) is 12.7. The molecule has 25 heavy (non-hydrogen) atoms. The van der Waals surface area contributed by atoms with Gasteiger partial charge < -0.3 is 19.9 Å². The summed E-state index contributed by atoms with van der Waals surface area (Å²) >= 11 is 0. The third kappa shape index (κ3) is 4.76. The molecule has 2 N–H and O–H groups in total. The molecule has 0 saturated heterocycles. The van der Waals surface area contributed by atoms with E-state index in [-0.39, 0.29) is 18.3 Å². The molecular weight excluding hydrogens is 318 g/mol. The van der Waals surface area contributed by atoms with Crippen LogP contribution in [0.5, 0.6) is 11.5 Å². The Kier molecular flexibility index (Phi) is 6.46. The van der Waals surface area contributed by atoms with Gasteiger partial charge in [0.2, 0.25) is 0 Å². The SMILES string of the molecule is C=C[C@H](C)[C@H](NC(=O)OCc1ccccc1)c1cccc(OC)c1O. The average molecular weight is 341 g/mol. The molecule has 132 valence electrons. The van der Waals surface area contributed by atoms with Crippen molar-refractivity contribution < 1.29 is 19.4 Å². The van der Waals surface area contributed by atoms with Gasteiger partial charge in [-0.2, -0.15) is 0 Å². The van der Waals surface area contributed by atoms with Crippen LogP contribution in [0.25, 0.3) is 0 Å². The van der Waals surface area contributed by atoms with Crippen molar-refractivity contribution in [3.8, 4) is 11.5 Å². The second kappa shape index (κ2) is 8.78. The highest BCUT2D eigenvalue weighted by molar-refractivity contribution is 5.68. The van der Waals surface area contributed by atoms with E-state index in [1.54, 1.807) is 24.3 Å². The van der Waals surface area contributed by atoms with E-state index in [0.717, 1.165) is 5.56 Å². The first kappa shape index (κ1) is 18.4. The molecular formula is C20H23NO4. The van der Waals surface area contributed by atoms with Crippen LogP contribution in [0.1, 0.15) is 24.1 Å². The van der Waals surface area contributed by atoms with Crippen molar-refractivity contribution in [1.82, 2.24) is 5.32 Å². The number of carbonyl (C=O) groups is 1. The highest BCUT2D eigenvalue weighted by Crippen LogP contribution is 2.36. The van der Waals surface area contributed by atoms with Crippen LogP contribution in [-0.4, -0.2) is 18.3 Å². The molecule has 0 aliphatic rings. The van der Waals surface area contributed by atoms with Crippen LogP contribution >= 0.6 is 0 Å². The molecule has 2 atom stereocenters. The van der Waals surface area contributed by atoms with Gasteiger partial charge in [0.05, 0.1) is 13.2 Å². The van der Waals surface area contributed by atoms with E-state index >= 15 is 0 Å². The van der Waals surface area contributed by atoms with Gasteiger partial charge in [0.15, 0.2) is 11.5 Å². The molecule has 0 heterocycles. The lowest BCUT2D eigenvalue weighted by Gasteiger charge is -2.24. The molecule has 0 spiro atoms. The molecule has 5 nitrogen and oxygen atoms in total. The number of benzene rings is 2. The van der Waals surface area contributed by atoms with E-state index in [9.17, 15) is 9.90 Å². The van der Waals surface area contributed by atoms with Crippen molar-refractivity contribution >= 4 is 6.09 Å². The number of amides is 1. The van der Waals surface area contributed by atoms with E-state index in [0.29, 0.717) is 11.3 Å². The van der Waals surface area contributed by atoms with Crippen molar-refractivity contribution in [2.75, 3.05) is 7.11 Å². The number of rotatable bonds is 7. The van der Waals surface area contributed by atoms with Gasteiger partial charge in [-0.15, -0.1) is 6.58 Å². The van der Waals surface area contributed by atoms with Crippen molar-refractivity contribution in [3.63, 3.8) is 0 Å². The molecule has 0 unspecified atom stereocenters. The van der Waals surface area contributed by atoms with Crippen LogP contribution in [0.4, 0.5) is 4.79 Å². The largest absolute Gasteiger partial charge is 0.504 e. The van der Waals surface area contributed by atoms with Gasteiger partial charge in [0.25, 0.3) is 0 Å². The topological polar surface area (TPSA) is 67.8 Å². The number of alkyl carbamates (subject to hydrolysis) is 1. The van der Waals surface area contributed by atoms with Gasteiger partial charge in [0, 0.05) is 5.56 Å². The van der Waals surface area contributed by atoms with Crippen LogP contribution in [0.2, 0.25) is 0 Å². The first-order valence-electron chi connectivity index (χ1n) is 8.02. The highest BCUT2D eigenvalue weighted by atomic mass is 16.5. The number of hydrogen-bond acceptors (Lipinski definition) is 4. The number of carbonyl (C=O) groups excluding carboxylic acids is 1. The molecule has 0 aliphatic carbocycles. The van der Waals surface area contributed by atoms with Gasteiger partial charge in [0.1, 0.15) is 6.61 Å². The fourth-order valence-corrected chi connectivity index (χ4v) is 2.48. The molecule has 0 radical (unpaired) electrons. The second-order valence-corrected chi connectivity index (χ2v) is 5.68. The van der Waals surface area contributed by atoms with Crippen LogP contribution in [-0.2, 0) is 11.3 Å². The summed E-state index contributed by atoms with van der Waals surface area (Å²) in [5.74, 6) is 0.215. The van der Waals surface area contributed by atoms with E-state index < -0.39 is 12.1 Å². The van der Waals surface area contributed by atoms with Gasteiger partial charge >= 0.3 is 6.09 Å². The minimum Gasteiger partial charge on any atom is -0.504 e. The third-order valence-electron chi connectivity index (χ3n) is 3.97. The molecule has 0 saturated carbocycles. The van der Waals surface area contributed by atoms with Crippen LogP contribution in [0, 0.1) is 5.92 Å². The van der Waals surface area contributed by atoms with Gasteiger partial charge in [-0.05, 0) is 17.5 Å². The monoisotopic (exact) mass is 341 g/mol. The Balaban J connectivity index is 2.13. The van der Waals surface area contributed by atoms with E-state index in [2.05, 4.69) is 11.9 Å². The van der Waals surface area contributed by atoms with E-state index in [1.807, 2.05) is 37.3 Å². The minimum absolute atomic E-state index is 0.00735. The maximum atomic E-state index is 12.2. The predicted octanol–water partition coefficient (Wildman–Crippen LogP) is 4.19. The molecule has 0 aromatic heterocycles. The Morgan fingerprint density at radius 1 is 1.24 bits per heavy atom. The Bertz CT molecular complexity index is 715. The molecule has 5 heteroatoms. The number of ether oxygens (including phenoxy) is 2. The average Bonchev–Trinajstić information content (AvgIpc) is 2.65. The number of methoxy groups -OCH3 is 1. The molecule has 1 amide bonds. The molecule has 0 aliphatic heterocycles. The predicted molar refractivity (Wildman–Crippen MR) is 96.5 cm³/mol. The van der Waals surface area contributed by atoms with Gasteiger partial charge in [-0.1, -0.05) is 55.5 Å². The minimum atomic E-state index is -0.565. The fourth-order valence-electron chi connectivity index (χ4n) is 2.48. The number of para-hydroxylation sites is 1. The Hall–Kier alpha value is -2.95. The molecule has 0 fully saturated rings. The van der Waals surface area contributed by atoms with Crippen LogP contribution in [0.3, 0.4) is 0 Å². The van der Waals surface area contributed by atoms with E-state index in [4.69, 9.17) is 9.47 Å². The first-order valence-corrected chi connectivity index (χ1v) is 8.02. The van der Waals surface area contributed by atoms with Crippen molar-refractivity contribution in [1.29, 1.82) is 0 Å². The number of aromatic hydroxyl groups is 1. The summed E-state index contributed by atoms with van der Waals surface area (Å²) in [6, 6.07) is 14.1. The lowest BCUT2D eigenvalue weighted by molar-refractivity contribution is 0.133. The van der Waals surface area contributed by atoms with Crippen molar-refractivity contribution in [2.45, 2.75) is 19.6 Å². The number of phenols is 1. The van der Waals surface area contributed by atoms with Crippen molar-refractivity contribution in [3.05, 3.63) is 72.3 Å². The standard InChI is InChI=1S/C20H23NO4/c1-4-14(2)18(16-11-8-12-17(24-3)19(16)22)21-20(23)25-13-15-9-6-5-7-10-15/h4-12,14,18,22H,1,13H2,2-3H3,(H,21,23)/t14-,18-/m0/s1. The van der Waals surface area contributed by atoms with Crippen molar-refractivity contribution in [2.24, 2.45) is 5.92 Å². The summed E-state index contributed by atoms with van der Waals surface area (Å²) in [7, 11) is 1.48. The summed E-state index contributed by atoms with van der Waals surface area (Å²) in [6.07, 6.45) is 1.14. The maximum absolute atomic E-state index is 12.2. The molecule has 2 aromatic rings. The lowest BCUT2D eigenvalue weighted by atomic mass is 9.93. The Labute approximate surface area is 147 Å². The summed E-state index contributed by atoms with van der Waals surface area (Å²) < 4.78 is 10.4. The summed E-state index contributed by atoms with van der Waals surface area (Å²) in [5, 5.41) is 13.2. The second-order valence-electron chi connectivity index (χ2n) is 5.68. The highest BCUT2D eigenvalue weighted by Gasteiger charge is 2.24. The van der Waals surface area contributed by atoms with Gasteiger partial charge in [-0.25, -0.2) is 4.79 Å². The number of phenolic OH excluding ortho intramolecular Hbond substituents is 1. The summed E-state index contributed by atoms with van der Waals surface area (Å²) in [4.78, 5) is 12.2. The fraction of sp³-hybridized carbons (Fsp3) is 0.250. The zero-order valence-corrected chi connectivity index (χ0v) is 14.4. The van der Waals surface area contributed by atoms with E-state index in [1.165, 1.54) is 7.11 Å². The molecule has 2 aromatic carbocycles. The quantitative estimate of drug-likeness (QED) is 0.741. The maximum Gasteiger partial charge on any atom is 0.407 e. The zero-order valence-electron chi connectivity index (χ0n) is 14.4. The smallest absolute Gasteiger partial charge is 0.407 e.